The van der Waals surface area contributed by atoms with Crippen molar-refractivity contribution in [2.45, 2.75) is 0 Å². The Kier molecular flexibility index (Phi) is 5.91. The standard InChI is InChI=1S/C54H34N2O/c1-2-10-41(11-3-1)55-49-15-7-4-12-43(49)45-29-24-38(32-51(45)55)39-25-30-46-44-13-5-8-16-50(44)56(52(46)33-39)42-27-22-36(23-28-42)35-18-20-37(21-19-35)40-26-31-48-47-14-6-9-17-53(47)57-54(48)34-40/h1-34H/i1D,2D,3D,10D,11D. The summed E-state index contributed by atoms with van der Waals surface area (Å²) in [6.07, 6.45) is 0. The molecule has 0 radical (unpaired) electrons. The number of para-hydroxylation sites is 4. The van der Waals surface area contributed by atoms with Crippen molar-refractivity contribution in [3.8, 4) is 44.8 Å². The molecule has 12 aromatic rings. The number of aromatic nitrogens is 2. The van der Waals surface area contributed by atoms with Crippen molar-refractivity contribution in [1.82, 2.24) is 9.13 Å². The monoisotopic (exact) mass is 731 g/mol. The molecule has 0 atom stereocenters. The van der Waals surface area contributed by atoms with E-state index >= 15 is 0 Å². The number of hydrogen-bond acceptors (Lipinski definition) is 1. The van der Waals surface area contributed by atoms with Crippen LogP contribution >= 0.6 is 0 Å². The van der Waals surface area contributed by atoms with Crippen molar-refractivity contribution in [2.75, 3.05) is 0 Å². The molecule has 3 aromatic heterocycles. The zero-order valence-electron chi connectivity index (χ0n) is 35.5. The van der Waals surface area contributed by atoms with Crippen molar-refractivity contribution < 1.29 is 11.3 Å². The van der Waals surface area contributed by atoms with E-state index in [2.05, 4.69) is 138 Å². The first-order valence-corrected chi connectivity index (χ1v) is 19.1. The van der Waals surface area contributed by atoms with Gasteiger partial charge in [0.15, 0.2) is 0 Å². The molecule has 0 aliphatic rings. The van der Waals surface area contributed by atoms with Crippen LogP contribution in [0, 0.1) is 0 Å². The normalized spacial score (nSPS) is 13.1. The van der Waals surface area contributed by atoms with Gasteiger partial charge in [0.25, 0.3) is 0 Å². The molecule has 0 fully saturated rings. The van der Waals surface area contributed by atoms with Crippen LogP contribution < -0.4 is 0 Å². The lowest BCUT2D eigenvalue weighted by Crippen LogP contribution is -1.94. The maximum Gasteiger partial charge on any atom is 0.136 e. The molecule has 3 nitrogen and oxygen atoms in total. The molecule has 0 unspecified atom stereocenters. The Bertz CT molecular complexity index is 3770. The molecule has 3 heterocycles. The minimum Gasteiger partial charge on any atom is -0.456 e. The average Bonchev–Trinajstić information content (AvgIpc) is 3.97. The van der Waals surface area contributed by atoms with E-state index < -0.39 is 6.04 Å². The first kappa shape index (κ1) is 27.0. The summed E-state index contributed by atoms with van der Waals surface area (Å²) in [5.41, 5.74) is 13.1. The molecule has 9 aromatic carbocycles. The van der Waals surface area contributed by atoms with Crippen molar-refractivity contribution >= 4 is 65.6 Å². The van der Waals surface area contributed by atoms with E-state index in [4.69, 9.17) is 11.3 Å². The van der Waals surface area contributed by atoms with Crippen LogP contribution in [0.25, 0.3) is 110 Å². The van der Waals surface area contributed by atoms with E-state index in [1.54, 1.807) is 0 Å². The maximum atomic E-state index is 8.87. The van der Waals surface area contributed by atoms with Gasteiger partial charge in [0.05, 0.1) is 28.9 Å². The lowest BCUT2D eigenvalue weighted by Gasteiger charge is -2.11. The fourth-order valence-electron chi connectivity index (χ4n) is 8.74. The third-order valence-electron chi connectivity index (χ3n) is 11.4. The smallest absolute Gasteiger partial charge is 0.136 e. The largest absolute Gasteiger partial charge is 0.456 e. The van der Waals surface area contributed by atoms with E-state index in [-0.39, 0.29) is 29.9 Å². The van der Waals surface area contributed by atoms with Gasteiger partial charge in [-0.25, -0.2) is 0 Å². The van der Waals surface area contributed by atoms with Gasteiger partial charge in [-0.15, -0.1) is 0 Å². The second kappa shape index (κ2) is 12.5. The van der Waals surface area contributed by atoms with E-state index in [0.717, 1.165) is 105 Å². The van der Waals surface area contributed by atoms with Gasteiger partial charge in [-0.3, -0.25) is 0 Å². The van der Waals surface area contributed by atoms with Crippen molar-refractivity contribution in [1.29, 1.82) is 0 Å². The van der Waals surface area contributed by atoms with Crippen molar-refractivity contribution in [2.24, 2.45) is 0 Å². The Morgan fingerprint density at radius 2 is 0.737 bits per heavy atom. The van der Waals surface area contributed by atoms with Crippen LogP contribution in [0.15, 0.2) is 211 Å². The van der Waals surface area contributed by atoms with Crippen LogP contribution in [0.3, 0.4) is 0 Å². The Hall–Kier alpha value is -7.62. The molecule has 12 rings (SSSR count). The summed E-state index contributed by atoms with van der Waals surface area (Å²) in [5, 5.41) is 6.42. The fourth-order valence-corrected chi connectivity index (χ4v) is 8.74. The lowest BCUT2D eigenvalue weighted by atomic mass is 9.99. The first-order chi connectivity index (χ1) is 30.3. The Balaban J connectivity index is 0.936. The van der Waals surface area contributed by atoms with Crippen LogP contribution in [-0.2, 0) is 0 Å². The topological polar surface area (TPSA) is 23.0 Å². The molecule has 0 bridgehead atoms. The fraction of sp³-hybridized carbons (Fsp3) is 0. The Morgan fingerprint density at radius 3 is 1.35 bits per heavy atom. The SMILES string of the molecule is [2H]c1c([2H])c([2H])c(-n2c3ccccc3c3ccc(-c4ccc5c6ccccc6n(-c6ccc(-c7ccc(-c8ccc9c(c8)oc8ccccc89)cc7)cc6)c5c4)cc32)c([2H])c1[2H]. The van der Waals surface area contributed by atoms with E-state index in [9.17, 15) is 0 Å². The molecule has 0 aliphatic carbocycles. The third-order valence-corrected chi connectivity index (χ3v) is 11.4. The van der Waals surface area contributed by atoms with Gasteiger partial charge in [0.1, 0.15) is 11.2 Å². The molecule has 266 valence electrons. The zero-order valence-corrected chi connectivity index (χ0v) is 30.5. The van der Waals surface area contributed by atoms with Crippen LogP contribution in [0.5, 0.6) is 0 Å². The molecule has 0 aliphatic heterocycles. The number of nitrogens with zero attached hydrogens (tertiary/aromatic N) is 2. The summed E-state index contributed by atoms with van der Waals surface area (Å²) in [7, 11) is 0. The summed E-state index contributed by atoms with van der Waals surface area (Å²) in [6.45, 7) is 0. The number of fused-ring (bicyclic) bond motifs is 9. The van der Waals surface area contributed by atoms with E-state index in [1.807, 2.05) is 47.0 Å². The highest BCUT2D eigenvalue weighted by molar-refractivity contribution is 6.12. The maximum absolute atomic E-state index is 8.87. The van der Waals surface area contributed by atoms with Gasteiger partial charge in [0.2, 0.25) is 0 Å². The molecule has 3 heteroatoms. The summed E-state index contributed by atoms with van der Waals surface area (Å²) in [5.74, 6) is 0. The van der Waals surface area contributed by atoms with Gasteiger partial charge < -0.3 is 13.6 Å². The lowest BCUT2D eigenvalue weighted by molar-refractivity contribution is 0.669. The highest BCUT2D eigenvalue weighted by atomic mass is 16.3. The molecular formula is C54H34N2O. The number of furan rings is 1. The summed E-state index contributed by atoms with van der Waals surface area (Å²) >= 11 is 0. The minimum absolute atomic E-state index is 0.134. The quantitative estimate of drug-likeness (QED) is 0.173. The van der Waals surface area contributed by atoms with Crippen molar-refractivity contribution in [3.63, 3.8) is 0 Å². The van der Waals surface area contributed by atoms with Gasteiger partial charge >= 0.3 is 0 Å². The average molecular weight is 732 g/mol. The van der Waals surface area contributed by atoms with Crippen molar-refractivity contribution in [3.05, 3.63) is 206 Å². The molecule has 0 saturated carbocycles. The van der Waals surface area contributed by atoms with Gasteiger partial charge in [-0.2, -0.15) is 0 Å². The Labute approximate surface area is 335 Å². The van der Waals surface area contributed by atoms with Gasteiger partial charge in [-0.05, 0) is 100 Å². The molecule has 57 heavy (non-hydrogen) atoms. The number of rotatable bonds is 5. The Morgan fingerprint density at radius 1 is 0.316 bits per heavy atom. The molecular weight excluding hydrogens is 693 g/mol. The van der Waals surface area contributed by atoms with Gasteiger partial charge in [0, 0.05) is 43.7 Å². The van der Waals surface area contributed by atoms with E-state index in [0.29, 0.717) is 0 Å². The highest BCUT2D eigenvalue weighted by Gasteiger charge is 2.16. The summed E-state index contributed by atoms with van der Waals surface area (Å²) in [6, 6.07) is 59.5. The number of benzene rings is 9. The van der Waals surface area contributed by atoms with Gasteiger partial charge in [-0.1, -0.05) is 139 Å². The molecule has 0 saturated heterocycles. The molecule has 0 spiro atoms. The minimum atomic E-state index is -0.410. The third kappa shape index (κ3) is 4.99. The molecule has 0 amide bonds. The predicted molar refractivity (Wildman–Crippen MR) is 239 cm³/mol. The van der Waals surface area contributed by atoms with E-state index in [1.165, 1.54) is 0 Å². The predicted octanol–water partition coefficient (Wildman–Crippen LogP) is 14.8. The zero-order chi connectivity index (χ0) is 41.8. The van der Waals surface area contributed by atoms with Crippen LogP contribution in [0.4, 0.5) is 0 Å². The van der Waals surface area contributed by atoms with Crippen LogP contribution in [0.2, 0.25) is 0 Å². The van der Waals surface area contributed by atoms with Crippen LogP contribution in [0.1, 0.15) is 6.85 Å². The first-order valence-electron chi connectivity index (χ1n) is 21.6. The highest BCUT2D eigenvalue weighted by Crippen LogP contribution is 2.39. The molecule has 0 N–H and O–H groups in total. The van der Waals surface area contributed by atoms with Crippen LogP contribution in [-0.4, -0.2) is 9.13 Å². The number of hydrogen-bond donors (Lipinski definition) is 0. The summed E-state index contributed by atoms with van der Waals surface area (Å²) < 4.78 is 53.2. The second-order valence-electron chi connectivity index (χ2n) is 14.6. The second-order valence-corrected chi connectivity index (χ2v) is 14.6. The summed E-state index contributed by atoms with van der Waals surface area (Å²) in [4.78, 5) is 0.